The molecule has 0 amide bonds. The van der Waals surface area contributed by atoms with Crippen LogP contribution in [0.4, 0.5) is 4.39 Å². The molecule has 1 rings (SSSR count). The number of carbonyl (C=O) groups is 1. The van der Waals surface area contributed by atoms with Gasteiger partial charge in [0.05, 0.1) is 0 Å². The molecular formula is C6H5BFNO4. The first-order chi connectivity index (χ1) is 6.02. The van der Waals surface area contributed by atoms with E-state index in [2.05, 4.69) is 4.98 Å². The Morgan fingerprint density at radius 1 is 1.46 bits per heavy atom. The normalized spacial score (nSPS) is 9.77. The number of halogens is 1. The summed E-state index contributed by atoms with van der Waals surface area (Å²) in [5, 5.41) is 25.8. The molecule has 1 aromatic rings. The van der Waals surface area contributed by atoms with Crippen molar-refractivity contribution in [2.45, 2.75) is 0 Å². The van der Waals surface area contributed by atoms with Crippen molar-refractivity contribution in [2.24, 2.45) is 0 Å². The zero-order valence-electron chi connectivity index (χ0n) is 6.31. The summed E-state index contributed by atoms with van der Waals surface area (Å²) in [6.07, 6.45) is 0. The van der Waals surface area contributed by atoms with Crippen LogP contribution in [0.5, 0.6) is 0 Å². The molecule has 1 heterocycles. The molecule has 0 aromatic carbocycles. The van der Waals surface area contributed by atoms with Gasteiger partial charge in [-0.3, -0.25) is 0 Å². The molecule has 0 saturated heterocycles. The van der Waals surface area contributed by atoms with Crippen molar-refractivity contribution in [1.82, 2.24) is 4.98 Å². The van der Waals surface area contributed by atoms with Crippen LogP contribution >= 0.6 is 0 Å². The van der Waals surface area contributed by atoms with E-state index in [0.717, 1.165) is 12.1 Å². The van der Waals surface area contributed by atoms with Gasteiger partial charge in [-0.25, -0.2) is 9.78 Å². The molecule has 13 heavy (non-hydrogen) atoms. The Kier molecular flexibility index (Phi) is 2.59. The highest BCUT2D eigenvalue weighted by molar-refractivity contribution is 6.60. The predicted octanol–water partition coefficient (Wildman–Crippen LogP) is -1.40. The first-order valence-electron chi connectivity index (χ1n) is 3.28. The minimum atomic E-state index is -1.97. The zero-order valence-corrected chi connectivity index (χ0v) is 6.31. The van der Waals surface area contributed by atoms with E-state index in [9.17, 15) is 9.18 Å². The lowest BCUT2D eigenvalue weighted by atomic mass is 9.79. The number of nitrogens with zero attached hydrogens (tertiary/aromatic N) is 1. The predicted molar refractivity (Wildman–Crippen MR) is 41.0 cm³/mol. The van der Waals surface area contributed by atoms with E-state index in [1.54, 1.807) is 0 Å². The van der Waals surface area contributed by atoms with E-state index in [0.29, 0.717) is 0 Å². The van der Waals surface area contributed by atoms with Crippen LogP contribution in [0.2, 0.25) is 0 Å². The topological polar surface area (TPSA) is 90.7 Å². The maximum Gasteiger partial charge on any atom is 0.490 e. The van der Waals surface area contributed by atoms with Gasteiger partial charge < -0.3 is 15.2 Å². The number of aromatic nitrogens is 1. The van der Waals surface area contributed by atoms with Gasteiger partial charge in [-0.1, -0.05) is 6.07 Å². The van der Waals surface area contributed by atoms with Crippen molar-refractivity contribution < 1.29 is 24.3 Å². The summed E-state index contributed by atoms with van der Waals surface area (Å²) < 4.78 is 12.4. The molecule has 0 atom stereocenters. The van der Waals surface area contributed by atoms with Crippen molar-refractivity contribution in [3.8, 4) is 0 Å². The fourth-order valence-corrected chi connectivity index (χ4v) is 0.826. The van der Waals surface area contributed by atoms with Gasteiger partial charge in [0.1, 0.15) is 0 Å². The molecule has 0 radical (unpaired) electrons. The number of pyridine rings is 1. The van der Waals surface area contributed by atoms with Gasteiger partial charge in [0.15, 0.2) is 5.69 Å². The van der Waals surface area contributed by atoms with Crippen LogP contribution in [0, 0.1) is 5.95 Å². The summed E-state index contributed by atoms with van der Waals surface area (Å²) in [6, 6.07) is 1.80. The van der Waals surface area contributed by atoms with E-state index in [-0.39, 0.29) is 5.46 Å². The summed E-state index contributed by atoms with van der Waals surface area (Å²) in [5.41, 5.74) is -1.04. The molecule has 0 spiro atoms. The summed E-state index contributed by atoms with van der Waals surface area (Å²) in [6.45, 7) is 0. The van der Waals surface area contributed by atoms with Crippen LogP contribution in [0.1, 0.15) is 10.5 Å². The second-order valence-corrected chi connectivity index (χ2v) is 2.25. The zero-order chi connectivity index (χ0) is 10.0. The lowest BCUT2D eigenvalue weighted by molar-refractivity contribution is 0.0690. The second-order valence-electron chi connectivity index (χ2n) is 2.25. The minimum absolute atomic E-state index is 0.339. The van der Waals surface area contributed by atoms with Gasteiger partial charge in [-0.05, 0) is 6.07 Å². The highest BCUT2D eigenvalue weighted by Crippen LogP contribution is 1.96. The smallest absolute Gasteiger partial charge is 0.477 e. The molecule has 0 fully saturated rings. The van der Waals surface area contributed by atoms with Gasteiger partial charge in [0, 0.05) is 5.46 Å². The third kappa shape index (κ3) is 2.01. The quantitative estimate of drug-likeness (QED) is 0.389. The van der Waals surface area contributed by atoms with E-state index >= 15 is 0 Å². The largest absolute Gasteiger partial charge is 0.490 e. The molecule has 0 aliphatic heterocycles. The third-order valence-corrected chi connectivity index (χ3v) is 1.37. The number of hydrogen-bond acceptors (Lipinski definition) is 4. The second kappa shape index (κ2) is 3.50. The maximum absolute atomic E-state index is 12.4. The molecule has 0 aliphatic rings. The molecule has 3 N–H and O–H groups in total. The van der Waals surface area contributed by atoms with Gasteiger partial charge in [-0.15, -0.1) is 0 Å². The summed E-state index contributed by atoms with van der Waals surface area (Å²) >= 11 is 0. The number of carboxylic acids is 1. The van der Waals surface area contributed by atoms with Gasteiger partial charge >= 0.3 is 13.1 Å². The number of carboxylic acid groups (broad SMARTS) is 1. The third-order valence-electron chi connectivity index (χ3n) is 1.37. The van der Waals surface area contributed by atoms with Crippen LogP contribution in [-0.2, 0) is 0 Å². The fraction of sp³-hybridized carbons (Fsp3) is 0. The summed E-state index contributed by atoms with van der Waals surface area (Å²) in [7, 11) is -1.97. The first-order valence-corrected chi connectivity index (χ1v) is 3.28. The van der Waals surface area contributed by atoms with Crippen LogP contribution in [0.15, 0.2) is 12.1 Å². The van der Waals surface area contributed by atoms with E-state index in [1.165, 1.54) is 0 Å². The van der Waals surface area contributed by atoms with Gasteiger partial charge in [-0.2, -0.15) is 4.39 Å². The van der Waals surface area contributed by atoms with Crippen molar-refractivity contribution in [2.75, 3.05) is 0 Å². The van der Waals surface area contributed by atoms with Crippen LogP contribution in [0.3, 0.4) is 0 Å². The SMILES string of the molecule is O=C(O)c1nc(F)ccc1B(O)O. The van der Waals surface area contributed by atoms with Crippen molar-refractivity contribution in [1.29, 1.82) is 0 Å². The van der Waals surface area contributed by atoms with Crippen molar-refractivity contribution >= 4 is 18.6 Å². The Morgan fingerprint density at radius 3 is 2.54 bits per heavy atom. The number of rotatable bonds is 2. The lowest BCUT2D eigenvalue weighted by Gasteiger charge is -2.02. The molecule has 0 bridgehead atoms. The highest BCUT2D eigenvalue weighted by Gasteiger charge is 2.21. The molecule has 5 nitrogen and oxygen atoms in total. The number of hydrogen-bond donors (Lipinski definition) is 3. The average Bonchev–Trinajstić information content (AvgIpc) is 2.03. The van der Waals surface area contributed by atoms with Crippen LogP contribution in [0.25, 0.3) is 0 Å². The molecule has 1 aromatic heterocycles. The van der Waals surface area contributed by atoms with Gasteiger partial charge in [0.2, 0.25) is 5.95 Å². The monoisotopic (exact) mass is 185 g/mol. The molecule has 68 valence electrons. The summed E-state index contributed by atoms with van der Waals surface area (Å²) in [5.74, 6) is -2.50. The van der Waals surface area contributed by atoms with Crippen LogP contribution < -0.4 is 5.46 Å². The number of aromatic carboxylic acids is 1. The fourth-order valence-electron chi connectivity index (χ4n) is 0.826. The van der Waals surface area contributed by atoms with Crippen molar-refractivity contribution in [3.05, 3.63) is 23.8 Å². The Bertz CT molecular complexity index is 343. The Morgan fingerprint density at radius 2 is 2.08 bits per heavy atom. The molecule has 7 heteroatoms. The molecular weight excluding hydrogens is 180 g/mol. The Labute approximate surface area is 72.6 Å². The molecule has 0 unspecified atom stereocenters. The molecule has 0 aliphatic carbocycles. The van der Waals surface area contributed by atoms with Gasteiger partial charge in [0.25, 0.3) is 0 Å². The van der Waals surface area contributed by atoms with E-state index < -0.39 is 24.7 Å². The summed E-state index contributed by atoms with van der Waals surface area (Å²) in [4.78, 5) is 13.4. The Balaban J connectivity index is 3.27. The average molecular weight is 185 g/mol. The highest BCUT2D eigenvalue weighted by atomic mass is 19.1. The van der Waals surface area contributed by atoms with E-state index in [1.807, 2.05) is 0 Å². The standard InChI is InChI=1S/C6H5BFNO4/c8-4-2-1-3(7(12)13)5(9-4)6(10)11/h1-2,12-13H,(H,10,11). The Hall–Kier alpha value is -1.47. The molecule has 0 saturated carbocycles. The maximum atomic E-state index is 12.4. The van der Waals surface area contributed by atoms with Crippen LogP contribution in [-0.4, -0.2) is 33.2 Å². The van der Waals surface area contributed by atoms with E-state index in [4.69, 9.17) is 15.2 Å². The minimum Gasteiger partial charge on any atom is -0.477 e. The lowest BCUT2D eigenvalue weighted by Crippen LogP contribution is -2.35. The first kappa shape index (κ1) is 9.62. The van der Waals surface area contributed by atoms with Crippen molar-refractivity contribution in [3.63, 3.8) is 0 Å².